The van der Waals surface area contributed by atoms with Crippen LogP contribution in [0.15, 0.2) is 12.1 Å². The Hall–Kier alpha value is -1.10. The van der Waals surface area contributed by atoms with Crippen molar-refractivity contribution >= 4 is 0 Å². The van der Waals surface area contributed by atoms with E-state index >= 15 is 0 Å². The largest absolute Gasteiger partial charge is 0.496 e. The summed E-state index contributed by atoms with van der Waals surface area (Å²) in [7, 11) is 1.69. The molecule has 0 aliphatic heterocycles. The van der Waals surface area contributed by atoms with E-state index in [9.17, 15) is 0 Å². The average Bonchev–Trinajstić information content (AvgIpc) is 2.34. The number of hydrogen-bond donors (Lipinski definition) is 2. The van der Waals surface area contributed by atoms with E-state index < -0.39 is 5.60 Å². The zero-order chi connectivity index (χ0) is 14.6. The first-order chi connectivity index (χ1) is 8.88. The van der Waals surface area contributed by atoms with Crippen molar-refractivity contribution in [2.24, 2.45) is 5.84 Å². The molecule has 0 amide bonds. The Morgan fingerprint density at radius 1 is 1.32 bits per heavy atom. The number of rotatable bonds is 6. The minimum absolute atomic E-state index is 0.137. The molecule has 0 aromatic heterocycles. The van der Waals surface area contributed by atoms with Gasteiger partial charge in [-0.2, -0.15) is 0 Å². The quantitative estimate of drug-likeness (QED) is 0.614. The minimum atomic E-state index is -0.418. The molecular formula is C15H26N2O2. The molecule has 1 aromatic rings. The lowest BCUT2D eigenvalue weighted by Crippen LogP contribution is -2.44. The third kappa shape index (κ3) is 3.26. The van der Waals surface area contributed by atoms with Crippen molar-refractivity contribution in [3.05, 3.63) is 28.8 Å². The Bertz CT molecular complexity index is 430. The van der Waals surface area contributed by atoms with Gasteiger partial charge in [0.25, 0.3) is 0 Å². The van der Waals surface area contributed by atoms with Crippen LogP contribution in [0.4, 0.5) is 0 Å². The predicted octanol–water partition coefficient (Wildman–Crippen LogP) is 2.63. The standard InChI is InChI=1S/C15H26N2O2/c1-7-19-15(4,5)14(17-16)12-9-8-10(2)11(3)13(12)18-6/h8-9,14,17H,7,16H2,1-6H3. The number of hydrogen-bond acceptors (Lipinski definition) is 4. The number of hydrazine groups is 1. The topological polar surface area (TPSA) is 56.5 Å². The summed E-state index contributed by atoms with van der Waals surface area (Å²) in [5.74, 6) is 6.62. The highest BCUT2D eigenvalue weighted by atomic mass is 16.5. The Labute approximate surface area is 116 Å². The van der Waals surface area contributed by atoms with E-state index in [0.717, 1.165) is 16.9 Å². The van der Waals surface area contributed by atoms with Gasteiger partial charge < -0.3 is 9.47 Å². The van der Waals surface area contributed by atoms with Gasteiger partial charge in [-0.25, -0.2) is 5.43 Å². The molecule has 0 bridgehead atoms. The predicted molar refractivity (Wildman–Crippen MR) is 78.2 cm³/mol. The number of aryl methyl sites for hydroxylation is 1. The minimum Gasteiger partial charge on any atom is -0.496 e. The maximum absolute atomic E-state index is 5.81. The van der Waals surface area contributed by atoms with Gasteiger partial charge in [-0.05, 0) is 45.7 Å². The first-order valence-electron chi connectivity index (χ1n) is 6.63. The molecule has 19 heavy (non-hydrogen) atoms. The molecular weight excluding hydrogens is 240 g/mol. The summed E-state index contributed by atoms with van der Waals surface area (Å²) in [5.41, 5.74) is 5.79. The molecule has 0 aliphatic rings. The molecule has 108 valence electrons. The molecule has 0 fully saturated rings. The van der Waals surface area contributed by atoms with Gasteiger partial charge in [-0.1, -0.05) is 12.1 Å². The summed E-state index contributed by atoms with van der Waals surface area (Å²) < 4.78 is 11.4. The maximum Gasteiger partial charge on any atom is 0.126 e. The van der Waals surface area contributed by atoms with Crippen LogP contribution < -0.4 is 16.0 Å². The molecule has 0 aliphatic carbocycles. The van der Waals surface area contributed by atoms with Gasteiger partial charge in [0.1, 0.15) is 5.75 Å². The van der Waals surface area contributed by atoms with E-state index in [1.807, 2.05) is 26.8 Å². The summed E-state index contributed by atoms with van der Waals surface area (Å²) in [4.78, 5) is 0. The van der Waals surface area contributed by atoms with Crippen molar-refractivity contribution < 1.29 is 9.47 Å². The normalized spacial score (nSPS) is 13.4. The molecule has 0 heterocycles. The second kappa shape index (κ2) is 6.37. The zero-order valence-corrected chi connectivity index (χ0v) is 12.8. The summed E-state index contributed by atoms with van der Waals surface area (Å²) in [6.45, 7) is 10.8. The van der Waals surface area contributed by atoms with Crippen LogP contribution in [0.25, 0.3) is 0 Å². The van der Waals surface area contributed by atoms with E-state index in [1.54, 1.807) is 7.11 Å². The second-order valence-corrected chi connectivity index (χ2v) is 5.27. The molecule has 1 atom stereocenters. The number of methoxy groups -OCH3 is 1. The average molecular weight is 266 g/mol. The van der Waals surface area contributed by atoms with E-state index in [0.29, 0.717) is 6.61 Å². The number of nitrogens with one attached hydrogen (secondary N) is 1. The van der Waals surface area contributed by atoms with Crippen LogP contribution in [0, 0.1) is 13.8 Å². The molecule has 0 radical (unpaired) electrons. The number of ether oxygens (including phenoxy) is 2. The van der Waals surface area contributed by atoms with Crippen molar-refractivity contribution in [2.75, 3.05) is 13.7 Å². The molecule has 4 heteroatoms. The van der Waals surface area contributed by atoms with Gasteiger partial charge in [0.05, 0.1) is 18.8 Å². The smallest absolute Gasteiger partial charge is 0.126 e. The van der Waals surface area contributed by atoms with E-state index in [2.05, 4.69) is 25.3 Å². The van der Waals surface area contributed by atoms with E-state index in [-0.39, 0.29) is 6.04 Å². The van der Waals surface area contributed by atoms with Crippen molar-refractivity contribution in [1.29, 1.82) is 0 Å². The molecule has 3 N–H and O–H groups in total. The van der Waals surface area contributed by atoms with Crippen molar-refractivity contribution in [3.63, 3.8) is 0 Å². The van der Waals surface area contributed by atoms with Crippen molar-refractivity contribution in [1.82, 2.24) is 5.43 Å². The van der Waals surface area contributed by atoms with Crippen LogP contribution in [-0.2, 0) is 4.74 Å². The summed E-state index contributed by atoms with van der Waals surface area (Å²) in [6, 6.07) is 3.99. The highest BCUT2D eigenvalue weighted by Crippen LogP contribution is 2.36. The van der Waals surface area contributed by atoms with Crippen molar-refractivity contribution in [3.8, 4) is 5.75 Å². The van der Waals surface area contributed by atoms with Gasteiger partial charge in [0.15, 0.2) is 0 Å². The molecule has 0 spiro atoms. The highest BCUT2D eigenvalue weighted by molar-refractivity contribution is 5.47. The molecule has 1 rings (SSSR count). The lowest BCUT2D eigenvalue weighted by Gasteiger charge is -2.35. The van der Waals surface area contributed by atoms with Crippen LogP contribution in [-0.4, -0.2) is 19.3 Å². The highest BCUT2D eigenvalue weighted by Gasteiger charge is 2.33. The maximum atomic E-state index is 5.81. The Kier molecular flexibility index (Phi) is 5.35. The lowest BCUT2D eigenvalue weighted by molar-refractivity contribution is -0.0397. The fourth-order valence-corrected chi connectivity index (χ4v) is 2.43. The molecule has 0 saturated heterocycles. The number of benzene rings is 1. The monoisotopic (exact) mass is 266 g/mol. The van der Waals surface area contributed by atoms with Gasteiger partial charge in [0, 0.05) is 12.2 Å². The molecule has 4 nitrogen and oxygen atoms in total. The lowest BCUT2D eigenvalue weighted by atomic mass is 9.89. The van der Waals surface area contributed by atoms with Crippen LogP contribution in [0.3, 0.4) is 0 Å². The summed E-state index contributed by atoms with van der Waals surface area (Å²) in [6.07, 6.45) is 0. The van der Waals surface area contributed by atoms with Crippen LogP contribution in [0.5, 0.6) is 5.75 Å². The summed E-state index contributed by atoms with van der Waals surface area (Å²) in [5, 5.41) is 0. The third-order valence-corrected chi connectivity index (χ3v) is 3.60. The van der Waals surface area contributed by atoms with E-state index in [4.69, 9.17) is 15.3 Å². The Morgan fingerprint density at radius 2 is 1.95 bits per heavy atom. The second-order valence-electron chi connectivity index (χ2n) is 5.27. The number of nitrogens with two attached hydrogens (primary N) is 1. The SMILES string of the molecule is CCOC(C)(C)C(NN)c1ccc(C)c(C)c1OC. The van der Waals surface area contributed by atoms with Crippen LogP contribution >= 0.6 is 0 Å². The van der Waals surface area contributed by atoms with Gasteiger partial charge in [-0.3, -0.25) is 5.84 Å². The van der Waals surface area contributed by atoms with Crippen LogP contribution in [0.2, 0.25) is 0 Å². The van der Waals surface area contributed by atoms with Gasteiger partial charge >= 0.3 is 0 Å². The van der Waals surface area contributed by atoms with Gasteiger partial charge in [-0.15, -0.1) is 0 Å². The molecule has 0 saturated carbocycles. The first-order valence-corrected chi connectivity index (χ1v) is 6.63. The van der Waals surface area contributed by atoms with E-state index in [1.165, 1.54) is 5.56 Å². The molecule has 1 aromatic carbocycles. The zero-order valence-electron chi connectivity index (χ0n) is 12.8. The fourth-order valence-electron chi connectivity index (χ4n) is 2.43. The third-order valence-electron chi connectivity index (χ3n) is 3.60. The van der Waals surface area contributed by atoms with Crippen LogP contribution in [0.1, 0.15) is 43.5 Å². The summed E-state index contributed by atoms with van der Waals surface area (Å²) >= 11 is 0. The fraction of sp³-hybridized carbons (Fsp3) is 0.600. The Morgan fingerprint density at radius 3 is 2.42 bits per heavy atom. The van der Waals surface area contributed by atoms with Gasteiger partial charge in [0.2, 0.25) is 0 Å². The Balaban J connectivity index is 3.30. The first kappa shape index (κ1) is 16.0. The van der Waals surface area contributed by atoms with Crippen molar-refractivity contribution in [2.45, 2.75) is 46.3 Å². The molecule has 1 unspecified atom stereocenters.